The van der Waals surface area contributed by atoms with E-state index >= 15 is 0 Å². The second kappa shape index (κ2) is 5.66. The average molecular weight is 218 g/mol. The van der Waals surface area contributed by atoms with Crippen molar-refractivity contribution in [1.82, 2.24) is 5.32 Å². The first-order valence-electron chi connectivity index (χ1n) is 5.89. The summed E-state index contributed by atoms with van der Waals surface area (Å²) in [5.74, 6) is 0.714. The summed E-state index contributed by atoms with van der Waals surface area (Å²) < 4.78 is 0. The van der Waals surface area contributed by atoms with E-state index in [-0.39, 0.29) is 0 Å². The van der Waals surface area contributed by atoms with Crippen LogP contribution in [-0.4, -0.2) is 24.0 Å². The van der Waals surface area contributed by atoms with Crippen molar-refractivity contribution in [3.63, 3.8) is 0 Å². The summed E-state index contributed by atoms with van der Waals surface area (Å²) in [7, 11) is 0. The van der Waals surface area contributed by atoms with Crippen molar-refractivity contribution in [2.45, 2.75) is 25.4 Å². The Morgan fingerprint density at radius 3 is 2.75 bits per heavy atom. The highest BCUT2D eigenvalue weighted by molar-refractivity contribution is 5.87. The van der Waals surface area contributed by atoms with Crippen LogP contribution in [0.25, 0.3) is 0 Å². The fourth-order valence-electron chi connectivity index (χ4n) is 1.86. The van der Waals surface area contributed by atoms with Gasteiger partial charge in [0.25, 0.3) is 0 Å². The van der Waals surface area contributed by atoms with Crippen LogP contribution in [0.5, 0.6) is 0 Å². The Labute approximate surface area is 96.2 Å². The minimum absolute atomic E-state index is 0.612. The lowest BCUT2D eigenvalue weighted by Crippen LogP contribution is -2.31. The molecule has 0 amide bonds. The highest BCUT2D eigenvalue weighted by Crippen LogP contribution is 2.14. The van der Waals surface area contributed by atoms with Gasteiger partial charge in [-0.1, -0.05) is 30.3 Å². The van der Waals surface area contributed by atoms with Crippen molar-refractivity contribution in [1.29, 1.82) is 0 Å². The standard InChI is InChI=1S/C13H18N2O/c16-12(11-7-3-1-4-8-11)13-14-9-5-2-6-10-15-13/h1,3-4,7-8,12,16H,2,5-6,9-10H2,(H,14,15). The predicted molar refractivity (Wildman–Crippen MR) is 65.6 cm³/mol. The van der Waals surface area contributed by atoms with E-state index < -0.39 is 6.10 Å². The van der Waals surface area contributed by atoms with Crippen LogP contribution in [0.3, 0.4) is 0 Å². The number of hydrogen-bond acceptors (Lipinski definition) is 3. The molecule has 86 valence electrons. The van der Waals surface area contributed by atoms with E-state index in [9.17, 15) is 5.11 Å². The van der Waals surface area contributed by atoms with Crippen molar-refractivity contribution in [3.05, 3.63) is 35.9 Å². The zero-order valence-electron chi connectivity index (χ0n) is 9.39. The lowest BCUT2D eigenvalue weighted by molar-refractivity contribution is 0.242. The molecule has 2 rings (SSSR count). The molecular formula is C13H18N2O. The molecule has 0 radical (unpaired) electrons. The van der Waals surface area contributed by atoms with Crippen LogP contribution in [0.1, 0.15) is 30.9 Å². The van der Waals surface area contributed by atoms with Gasteiger partial charge in [-0.2, -0.15) is 0 Å². The Kier molecular flexibility index (Phi) is 3.94. The number of benzene rings is 1. The third-order valence-electron chi connectivity index (χ3n) is 2.80. The number of amidine groups is 1. The van der Waals surface area contributed by atoms with E-state index in [1.165, 1.54) is 6.42 Å². The third-order valence-corrected chi connectivity index (χ3v) is 2.80. The maximum atomic E-state index is 10.2. The Hall–Kier alpha value is -1.35. The topological polar surface area (TPSA) is 44.6 Å². The minimum atomic E-state index is -0.612. The molecule has 3 heteroatoms. The van der Waals surface area contributed by atoms with Gasteiger partial charge in [0, 0.05) is 13.1 Å². The predicted octanol–water partition coefficient (Wildman–Crippen LogP) is 1.89. The van der Waals surface area contributed by atoms with Gasteiger partial charge in [0.15, 0.2) is 0 Å². The molecule has 1 unspecified atom stereocenters. The van der Waals surface area contributed by atoms with Crippen LogP contribution in [0, 0.1) is 0 Å². The summed E-state index contributed by atoms with van der Waals surface area (Å²) in [4.78, 5) is 4.42. The number of aliphatic imine (C=N–C) groups is 1. The lowest BCUT2D eigenvalue weighted by Gasteiger charge is -2.18. The molecule has 0 saturated heterocycles. The molecule has 3 nitrogen and oxygen atoms in total. The molecule has 1 aromatic rings. The zero-order chi connectivity index (χ0) is 11.2. The molecule has 1 atom stereocenters. The van der Waals surface area contributed by atoms with Gasteiger partial charge in [-0.3, -0.25) is 4.99 Å². The molecule has 0 saturated carbocycles. The second-order valence-corrected chi connectivity index (χ2v) is 4.07. The lowest BCUT2D eigenvalue weighted by atomic mass is 10.1. The molecule has 0 aliphatic carbocycles. The van der Waals surface area contributed by atoms with Crippen molar-refractivity contribution in [2.75, 3.05) is 13.1 Å². The maximum absolute atomic E-state index is 10.2. The van der Waals surface area contributed by atoms with Crippen LogP contribution >= 0.6 is 0 Å². The molecule has 16 heavy (non-hydrogen) atoms. The highest BCUT2D eigenvalue weighted by Gasteiger charge is 2.14. The summed E-state index contributed by atoms with van der Waals surface area (Å²) >= 11 is 0. The van der Waals surface area contributed by atoms with Crippen molar-refractivity contribution in [3.8, 4) is 0 Å². The Morgan fingerprint density at radius 2 is 1.94 bits per heavy atom. The largest absolute Gasteiger partial charge is 0.380 e. The number of nitrogens with one attached hydrogen (secondary N) is 1. The van der Waals surface area contributed by atoms with Crippen molar-refractivity contribution < 1.29 is 5.11 Å². The van der Waals surface area contributed by atoms with Crippen LogP contribution < -0.4 is 5.32 Å². The van der Waals surface area contributed by atoms with Crippen molar-refractivity contribution in [2.24, 2.45) is 4.99 Å². The first-order valence-corrected chi connectivity index (χ1v) is 5.89. The zero-order valence-corrected chi connectivity index (χ0v) is 9.39. The number of nitrogens with zero attached hydrogens (tertiary/aromatic N) is 1. The number of rotatable bonds is 2. The monoisotopic (exact) mass is 218 g/mol. The van der Waals surface area contributed by atoms with E-state index in [0.29, 0.717) is 5.84 Å². The summed E-state index contributed by atoms with van der Waals surface area (Å²) in [6, 6.07) is 9.66. The summed E-state index contributed by atoms with van der Waals surface area (Å²) in [6.07, 6.45) is 2.87. The Balaban J connectivity index is 2.10. The van der Waals surface area contributed by atoms with Gasteiger partial charge in [0.05, 0.1) is 0 Å². The van der Waals surface area contributed by atoms with E-state index in [2.05, 4.69) is 10.3 Å². The Morgan fingerprint density at radius 1 is 1.12 bits per heavy atom. The Bertz CT molecular complexity index is 348. The molecule has 2 N–H and O–H groups in total. The highest BCUT2D eigenvalue weighted by atomic mass is 16.3. The molecule has 1 aromatic carbocycles. The molecular weight excluding hydrogens is 200 g/mol. The molecule has 0 aromatic heterocycles. The van der Waals surface area contributed by atoms with Gasteiger partial charge in [0.2, 0.25) is 0 Å². The smallest absolute Gasteiger partial charge is 0.136 e. The molecule has 0 fully saturated rings. The summed E-state index contributed by atoms with van der Waals surface area (Å²) in [5.41, 5.74) is 0.898. The molecule has 1 heterocycles. The maximum Gasteiger partial charge on any atom is 0.136 e. The average Bonchev–Trinajstić information content (AvgIpc) is 2.29. The van der Waals surface area contributed by atoms with Gasteiger partial charge in [-0.05, 0) is 24.8 Å². The van der Waals surface area contributed by atoms with Gasteiger partial charge in [-0.25, -0.2) is 0 Å². The summed E-state index contributed by atoms with van der Waals surface area (Å²) in [5, 5.41) is 13.4. The van der Waals surface area contributed by atoms with Gasteiger partial charge >= 0.3 is 0 Å². The van der Waals surface area contributed by atoms with Crippen LogP contribution in [0.4, 0.5) is 0 Å². The number of hydrogen-bond donors (Lipinski definition) is 2. The number of aliphatic hydroxyl groups excluding tert-OH is 1. The van der Waals surface area contributed by atoms with E-state index in [1.807, 2.05) is 30.3 Å². The van der Waals surface area contributed by atoms with Crippen molar-refractivity contribution >= 4 is 5.84 Å². The van der Waals surface area contributed by atoms with Crippen LogP contribution in [0.2, 0.25) is 0 Å². The van der Waals surface area contributed by atoms with E-state index in [4.69, 9.17) is 0 Å². The normalized spacial score (nSPS) is 18.9. The fraction of sp³-hybridized carbons (Fsp3) is 0.462. The first kappa shape index (κ1) is 11.1. The van der Waals surface area contributed by atoms with Crippen LogP contribution in [0.15, 0.2) is 35.3 Å². The van der Waals surface area contributed by atoms with Gasteiger partial charge in [0.1, 0.15) is 11.9 Å². The summed E-state index contributed by atoms with van der Waals surface area (Å²) in [6.45, 7) is 1.72. The van der Waals surface area contributed by atoms with E-state index in [1.54, 1.807) is 0 Å². The molecule has 0 spiro atoms. The molecule has 0 bridgehead atoms. The third kappa shape index (κ3) is 2.83. The van der Waals surface area contributed by atoms with Gasteiger partial charge < -0.3 is 10.4 Å². The molecule has 1 aliphatic heterocycles. The first-order chi connectivity index (χ1) is 7.88. The molecule has 1 aliphatic rings. The fourth-order valence-corrected chi connectivity index (χ4v) is 1.86. The number of aliphatic hydroxyl groups is 1. The van der Waals surface area contributed by atoms with E-state index in [0.717, 1.165) is 31.5 Å². The second-order valence-electron chi connectivity index (χ2n) is 4.07. The minimum Gasteiger partial charge on any atom is -0.380 e. The quantitative estimate of drug-likeness (QED) is 0.796. The van der Waals surface area contributed by atoms with Gasteiger partial charge in [-0.15, -0.1) is 0 Å². The van der Waals surface area contributed by atoms with Crippen LogP contribution in [-0.2, 0) is 0 Å². The SMILES string of the molecule is OC(C1=NCCCCCN1)c1ccccc1.